The summed E-state index contributed by atoms with van der Waals surface area (Å²) >= 11 is 0. The molecule has 54 valence electrons. The third-order valence-electron chi connectivity index (χ3n) is 1.46. The van der Waals surface area contributed by atoms with E-state index in [1.807, 2.05) is 13.8 Å². The van der Waals surface area contributed by atoms with Crippen LogP contribution in [-0.4, -0.2) is 5.97 Å². The molecule has 1 unspecified atom stereocenters. The van der Waals surface area contributed by atoms with E-state index in [9.17, 15) is 9.90 Å². The Morgan fingerprint density at radius 2 is 2.00 bits per heavy atom. The van der Waals surface area contributed by atoms with Gasteiger partial charge in [0.2, 0.25) is 0 Å². The third-order valence-corrected chi connectivity index (χ3v) is 1.46. The van der Waals surface area contributed by atoms with Crippen molar-refractivity contribution in [3.05, 3.63) is 0 Å². The van der Waals surface area contributed by atoms with Crippen molar-refractivity contribution in [3.63, 3.8) is 0 Å². The molecule has 0 aliphatic carbocycles. The van der Waals surface area contributed by atoms with Crippen molar-refractivity contribution < 1.29 is 61.3 Å². The molecule has 0 aliphatic heterocycles. The maximum absolute atomic E-state index is 10.2. The van der Waals surface area contributed by atoms with Gasteiger partial charge in [-0.05, 0) is 18.8 Å². The van der Waals surface area contributed by atoms with Gasteiger partial charge in [-0.1, -0.05) is 20.3 Å². The van der Waals surface area contributed by atoms with Crippen LogP contribution in [-0.2, 0) is 4.79 Å². The molecule has 0 rings (SSSR count). The van der Waals surface area contributed by atoms with Crippen molar-refractivity contribution in [2.75, 3.05) is 0 Å². The average molecular weight is 168 g/mol. The summed E-state index contributed by atoms with van der Waals surface area (Å²) in [7, 11) is 0. The normalized spacial score (nSPS) is 11.8. The van der Waals surface area contributed by atoms with Gasteiger partial charge in [0.25, 0.3) is 0 Å². The molecule has 3 heteroatoms. The molecule has 0 aromatic heterocycles. The summed E-state index contributed by atoms with van der Waals surface area (Å²) in [5.74, 6) is -1.13. The van der Waals surface area contributed by atoms with Gasteiger partial charge in [0.1, 0.15) is 0 Å². The summed E-state index contributed by atoms with van der Waals surface area (Å²) in [6.45, 7) is 3.85. The first kappa shape index (κ1) is 13.7. The summed E-state index contributed by atoms with van der Waals surface area (Å²) < 4.78 is 0. The minimum atomic E-state index is -0.903. The van der Waals surface area contributed by atoms with Gasteiger partial charge in [-0.2, -0.15) is 0 Å². The van der Waals surface area contributed by atoms with E-state index in [0.29, 0.717) is 6.42 Å². The Balaban J connectivity index is 0. The van der Waals surface area contributed by atoms with Crippen molar-refractivity contribution in [1.82, 2.24) is 0 Å². The SMILES string of the molecule is CCCC(CC)C(=O)[O-].[K+]. The molecule has 10 heavy (non-hydrogen) atoms. The van der Waals surface area contributed by atoms with E-state index in [1.54, 1.807) is 0 Å². The van der Waals surface area contributed by atoms with Gasteiger partial charge in [0.15, 0.2) is 0 Å². The second-order valence-corrected chi connectivity index (χ2v) is 2.21. The van der Waals surface area contributed by atoms with E-state index >= 15 is 0 Å². The minimum Gasteiger partial charge on any atom is -0.550 e. The van der Waals surface area contributed by atoms with Crippen LogP contribution in [0.2, 0.25) is 0 Å². The molecule has 0 aromatic rings. The van der Waals surface area contributed by atoms with Crippen LogP contribution in [0.25, 0.3) is 0 Å². The largest absolute Gasteiger partial charge is 1.00 e. The summed E-state index contributed by atoms with van der Waals surface area (Å²) in [6, 6.07) is 0. The quantitative estimate of drug-likeness (QED) is 0.438. The Labute approximate surface area is 105 Å². The van der Waals surface area contributed by atoms with Gasteiger partial charge in [-0.3, -0.25) is 0 Å². The van der Waals surface area contributed by atoms with Gasteiger partial charge < -0.3 is 9.90 Å². The summed E-state index contributed by atoms with van der Waals surface area (Å²) in [4.78, 5) is 10.2. The van der Waals surface area contributed by atoms with Crippen LogP contribution >= 0.6 is 0 Å². The third kappa shape index (κ3) is 5.86. The van der Waals surface area contributed by atoms with E-state index in [-0.39, 0.29) is 57.3 Å². The van der Waals surface area contributed by atoms with Crippen molar-refractivity contribution in [1.29, 1.82) is 0 Å². The zero-order valence-electron chi connectivity index (χ0n) is 7.02. The van der Waals surface area contributed by atoms with Gasteiger partial charge >= 0.3 is 51.4 Å². The number of carboxylic acid groups (broad SMARTS) is 1. The zero-order chi connectivity index (χ0) is 7.28. The van der Waals surface area contributed by atoms with Crippen LogP contribution in [0.15, 0.2) is 0 Å². The summed E-state index contributed by atoms with van der Waals surface area (Å²) in [5, 5.41) is 10.2. The topological polar surface area (TPSA) is 40.1 Å². The van der Waals surface area contributed by atoms with E-state index < -0.39 is 5.97 Å². The molecular weight excluding hydrogens is 155 g/mol. The number of hydrogen-bond donors (Lipinski definition) is 0. The Morgan fingerprint density at radius 1 is 1.50 bits per heavy atom. The number of aliphatic carboxylic acids is 1. The predicted molar refractivity (Wildman–Crippen MR) is 33.7 cm³/mol. The number of carboxylic acids is 1. The molecular formula is C7H13KO2. The van der Waals surface area contributed by atoms with Gasteiger partial charge in [-0.15, -0.1) is 0 Å². The molecule has 0 spiro atoms. The molecule has 0 aromatic carbocycles. The zero-order valence-corrected chi connectivity index (χ0v) is 10.1. The molecule has 0 heterocycles. The Hall–Kier alpha value is 1.11. The molecule has 2 nitrogen and oxygen atoms in total. The van der Waals surface area contributed by atoms with Crippen LogP contribution in [0, 0.1) is 5.92 Å². The molecule has 0 bridgehead atoms. The van der Waals surface area contributed by atoms with Crippen LogP contribution in [0.5, 0.6) is 0 Å². The smallest absolute Gasteiger partial charge is 0.550 e. The Bertz CT molecular complexity index is 93.6. The standard InChI is InChI=1S/C7H14O2.K/c1-3-5-6(4-2)7(8)9;/h6H,3-5H2,1-2H3,(H,8,9);/q;+1/p-1. The molecule has 0 saturated carbocycles. The van der Waals surface area contributed by atoms with Crippen molar-refractivity contribution in [2.45, 2.75) is 33.1 Å². The van der Waals surface area contributed by atoms with E-state index in [2.05, 4.69) is 0 Å². The number of carbonyl (C=O) groups excluding carboxylic acids is 1. The predicted octanol–water partition coefficient (Wildman–Crippen LogP) is -2.43. The fraction of sp³-hybridized carbons (Fsp3) is 0.857. The molecule has 0 fully saturated rings. The van der Waals surface area contributed by atoms with Crippen LogP contribution < -0.4 is 56.5 Å². The monoisotopic (exact) mass is 168 g/mol. The fourth-order valence-electron chi connectivity index (χ4n) is 0.837. The summed E-state index contributed by atoms with van der Waals surface area (Å²) in [5.41, 5.74) is 0. The molecule has 0 N–H and O–H groups in total. The minimum absolute atomic E-state index is 0. The molecule has 0 amide bonds. The van der Waals surface area contributed by atoms with Crippen LogP contribution in [0.4, 0.5) is 0 Å². The molecule has 1 atom stereocenters. The average Bonchev–Trinajstić information content (AvgIpc) is 1.82. The molecule has 0 aliphatic rings. The maximum atomic E-state index is 10.2. The summed E-state index contributed by atoms with van der Waals surface area (Å²) in [6.07, 6.45) is 2.36. The van der Waals surface area contributed by atoms with Crippen molar-refractivity contribution >= 4 is 5.97 Å². The maximum Gasteiger partial charge on any atom is 1.00 e. The Morgan fingerprint density at radius 3 is 2.10 bits per heavy atom. The first-order chi connectivity index (χ1) is 4.22. The first-order valence-corrected chi connectivity index (χ1v) is 3.43. The van der Waals surface area contributed by atoms with Crippen molar-refractivity contribution in [2.24, 2.45) is 5.92 Å². The van der Waals surface area contributed by atoms with Gasteiger partial charge in [0.05, 0.1) is 0 Å². The second-order valence-electron chi connectivity index (χ2n) is 2.21. The first-order valence-electron chi connectivity index (χ1n) is 3.43. The van der Waals surface area contributed by atoms with E-state index in [0.717, 1.165) is 12.8 Å². The fourth-order valence-corrected chi connectivity index (χ4v) is 0.837. The van der Waals surface area contributed by atoms with Gasteiger partial charge in [0, 0.05) is 5.97 Å². The number of rotatable bonds is 4. The molecule has 0 radical (unpaired) electrons. The van der Waals surface area contributed by atoms with Crippen molar-refractivity contribution in [3.8, 4) is 0 Å². The van der Waals surface area contributed by atoms with E-state index in [4.69, 9.17) is 0 Å². The van der Waals surface area contributed by atoms with E-state index in [1.165, 1.54) is 0 Å². The van der Waals surface area contributed by atoms with Gasteiger partial charge in [-0.25, -0.2) is 0 Å². The molecule has 0 saturated heterocycles. The second kappa shape index (κ2) is 8.21. The van der Waals surface area contributed by atoms with Crippen LogP contribution in [0.3, 0.4) is 0 Å². The number of carbonyl (C=O) groups is 1. The number of hydrogen-bond acceptors (Lipinski definition) is 2. The van der Waals surface area contributed by atoms with Crippen LogP contribution in [0.1, 0.15) is 33.1 Å². The Kier molecular flexibility index (Phi) is 11.2.